The molecular weight excluding hydrogens is 276 g/mol. The van der Waals surface area contributed by atoms with Crippen molar-refractivity contribution in [1.82, 2.24) is 5.32 Å². The van der Waals surface area contributed by atoms with Crippen LogP contribution in [0.2, 0.25) is 5.02 Å². The van der Waals surface area contributed by atoms with E-state index in [4.69, 9.17) is 16.3 Å². The van der Waals surface area contributed by atoms with E-state index in [1.54, 1.807) is 19.1 Å². The third-order valence-corrected chi connectivity index (χ3v) is 4.91. The van der Waals surface area contributed by atoms with E-state index in [9.17, 15) is 8.42 Å². The van der Waals surface area contributed by atoms with Gasteiger partial charge in [0.2, 0.25) is 0 Å². The maximum atomic E-state index is 12.5. The molecule has 0 fully saturated rings. The molecule has 0 spiro atoms. The Kier molecular flexibility index (Phi) is 3.49. The molecule has 0 bridgehead atoms. The van der Waals surface area contributed by atoms with Gasteiger partial charge in [-0.25, -0.2) is 0 Å². The first-order chi connectivity index (χ1) is 8.46. The summed E-state index contributed by atoms with van der Waals surface area (Å²) in [4.78, 5) is 0.0838. The number of hydrogen-bond donors (Lipinski definition) is 1. The van der Waals surface area contributed by atoms with Gasteiger partial charge in [0.1, 0.15) is 18.8 Å². The van der Waals surface area contributed by atoms with E-state index in [1.807, 2.05) is 0 Å². The van der Waals surface area contributed by atoms with Crippen molar-refractivity contribution in [2.24, 2.45) is 0 Å². The van der Waals surface area contributed by atoms with Crippen molar-refractivity contribution in [3.05, 3.63) is 23.2 Å². The highest BCUT2D eigenvalue weighted by molar-refractivity contribution is 7.85. The standard InChI is InChI=1S/C11H13ClN2O3S/c1-8-13-5-6-14(8)18(15,16)11-7-9(12)3-4-10(11)17-2/h3-4,7H,5-6H2,1-2H3/p+1. The van der Waals surface area contributed by atoms with Gasteiger partial charge in [-0.1, -0.05) is 11.6 Å². The van der Waals surface area contributed by atoms with E-state index >= 15 is 0 Å². The van der Waals surface area contributed by atoms with Crippen LogP contribution in [0.25, 0.3) is 0 Å². The molecule has 18 heavy (non-hydrogen) atoms. The Bertz CT molecular complexity index is 611. The minimum Gasteiger partial charge on any atom is -0.495 e. The number of methoxy groups -OCH3 is 1. The van der Waals surface area contributed by atoms with Gasteiger partial charge < -0.3 is 4.74 Å². The van der Waals surface area contributed by atoms with Crippen LogP contribution in [-0.2, 0) is 10.0 Å². The molecule has 1 heterocycles. The fraction of sp³-hybridized carbons (Fsp3) is 0.364. The first kappa shape index (κ1) is 13.2. The van der Waals surface area contributed by atoms with Crippen LogP contribution in [0.5, 0.6) is 5.75 Å². The molecule has 5 nitrogen and oxygen atoms in total. The molecule has 7 heteroatoms. The number of benzene rings is 1. The number of halogens is 1. The topological polar surface area (TPSA) is 58.4 Å². The summed E-state index contributed by atoms with van der Waals surface area (Å²) in [6.07, 6.45) is 0. The van der Waals surface area contributed by atoms with Gasteiger partial charge in [-0.3, -0.25) is 5.32 Å². The summed E-state index contributed by atoms with van der Waals surface area (Å²) < 4.78 is 31.4. The lowest BCUT2D eigenvalue weighted by atomic mass is 10.3. The first-order valence-electron chi connectivity index (χ1n) is 5.40. The monoisotopic (exact) mass is 289 g/mol. The molecule has 1 aliphatic heterocycles. The van der Waals surface area contributed by atoms with E-state index in [0.717, 1.165) is 0 Å². The Morgan fingerprint density at radius 3 is 2.72 bits per heavy atom. The Balaban J connectivity index is 2.61. The summed E-state index contributed by atoms with van der Waals surface area (Å²) in [5, 5.41) is 3.35. The summed E-state index contributed by atoms with van der Waals surface area (Å²) in [7, 11) is -2.20. The van der Waals surface area contributed by atoms with Crippen molar-refractivity contribution in [1.29, 1.82) is 0 Å². The van der Waals surface area contributed by atoms with E-state index in [0.29, 0.717) is 29.7 Å². The minimum absolute atomic E-state index is 0.0838. The third-order valence-electron chi connectivity index (χ3n) is 2.76. The zero-order chi connectivity index (χ0) is 13.3. The lowest BCUT2D eigenvalue weighted by molar-refractivity contribution is -0.353. The van der Waals surface area contributed by atoms with Gasteiger partial charge in [-0.15, -0.1) is 3.98 Å². The number of rotatable bonds is 3. The van der Waals surface area contributed by atoms with Crippen LogP contribution in [0.4, 0.5) is 0 Å². The molecule has 1 aromatic carbocycles. The van der Waals surface area contributed by atoms with Gasteiger partial charge in [0.25, 0.3) is 5.84 Å². The number of amidine groups is 1. The molecule has 1 N–H and O–H groups in total. The summed E-state index contributed by atoms with van der Waals surface area (Å²) in [6.45, 7) is 2.74. The Hall–Kier alpha value is -1.27. The first-order valence-corrected chi connectivity index (χ1v) is 7.22. The summed E-state index contributed by atoms with van der Waals surface area (Å²) in [5.74, 6) is 0.899. The van der Waals surface area contributed by atoms with E-state index in [1.165, 1.54) is 17.2 Å². The number of nitrogens with one attached hydrogen (secondary N) is 1. The molecule has 0 radical (unpaired) electrons. The molecule has 0 aliphatic carbocycles. The van der Waals surface area contributed by atoms with Gasteiger partial charge >= 0.3 is 10.0 Å². The largest absolute Gasteiger partial charge is 0.495 e. The predicted octanol–water partition coefficient (Wildman–Crippen LogP) is 1.07. The second kappa shape index (κ2) is 4.78. The normalized spacial score (nSPS) is 15.7. The van der Waals surface area contributed by atoms with Gasteiger partial charge in [-0.2, -0.15) is 8.42 Å². The fourth-order valence-corrected chi connectivity index (χ4v) is 3.78. The average Bonchev–Trinajstić information content (AvgIpc) is 2.76. The molecule has 2 rings (SSSR count). The number of ether oxygens (including phenoxy) is 1. The van der Waals surface area contributed by atoms with Gasteiger partial charge in [0.15, 0.2) is 4.90 Å². The molecule has 0 saturated carbocycles. The zero-order valence-corrected chi connectivity index (χ0v) is 11.7. The van der Waals surface area contributed by atoms with Crippen LogP contribution >= 0.6 is 11.6 Å². The van der Waals surface area contributed by atoms with Crippen LogP contribution in [0.15, 0.2) is 23.1 Å². The SMILES string of the molecule is COc1ccc(Cl)cc1S(=O)(=O)[N+]1=C(C)NCC1. The van der Waals surface area contributed by atoms with Crippen LogP contribution in [0, 0.1) is 0 Å². The van der Waals surface area contributed by atoms with Crippen molar-refractivity contribution < 1.29 is 17.1 Å². The maximum Gasteiger partial charge on any atom is 0.334 e. The number of sulfonamides is 1. The maximum absolute atomic E-state index is 12.5. The highest BCUT2D eigenvalue weighted by Gasteiger charge is 2.33. The van der Waals surface area contributed by atoms with E-state index in [-0.39, 0.29) is 4.90 Å². The Labute approximate surface area is 111 Å². The lowest BCUT2D eigenvalue weighted by Crippen LogP contribution is -2.25. The second-order valence-corrected chi connectivity index (χ2v) is 6.15. The van der Waals surface area contributed by atoms with Gasteiger partial charge in [-0.05, 0) is 18.2 Å². The molecule has 0 atom stereocenters. The lowest BCUT2D eigenvalue weighted by Gasteiger charge is -2.09. The fourth-order valence-electron chi connectivity index (χ4n) is 1.87. The summed E-state index contributed by atoms with van der Waals surface area (Å²) in [6, 6.07) is 4.55. The molecule has 0 saturated heterocycles. The molecule has 1 aliphatic rings. The molecule has 1 aromatic rings. The third kappa shape index (κ3) is 2.18. The summed E-state index contributed by atoms with van der Waals surface area (Å²) >= 11 is 5.86. The van der Waals surface area contributed by atoms with Crippen LogP contribution in [-0.4, -0.2) is 38.4 Å². The molecule has 0 amide bonds. The predicted molar refractivity (Wildman–Crippen MR) is 69.0 cm³/mol. The van der Waals surface area contributed by atoms with E-state index in [2.05, 4.69) is 5.32 Å². The molecular formula is C11H14ClN2O3S+. The average molecular weight is 290 g/mol. The highest BCUT2D eigenvalue weighted by Crippen LogP contribution is 2.28. The minimum atomic E-state index is -3.63. The van der Waals surface area contributed by atoms with Crippen molar-refractivity contribution in [3.8, 4) is 5.75 Å². The molecule has 0 aromatic heterocycles. The molecule has 0 unspecified atom stereocenters. The smallest absolute Gasteiger partial charge is 0.334 e. The van der Waals surface area contributed by atoms with Crippen molar-refractivity contribution in [2.45, 2.75) is 11.8 Å². The van der Waals surface area contributed by atoms with Gasteiger partial charge in [0, 0.05) is 11.9 Å². The quantitative estimate of drug-likeness (QED) is 0.846. The van der Waals surface area contributed by atoms with Crippen molar-refractivity contribution in [3.63, 3.8) is 0 Å². The second-order valence-electron chi connectivity index (χ2n) is 3.88. The Morgan fingerprint density at radius 2 is 2.17 bits per heavy atom. The Morgan fingerprint density at radius 1 is 1.44 bits per heavy atom. The van der Waals surface area contributed by atoms with Crippen LogP contribution in [0.3, 0.4) is 0 Å². The molecule has 98 valence electrons. The van der Waals surface area contributed by atoms with Crippen LogP contribution in [0.1, 0.15) is 6.92 Å². The number of hydrogen-bond acceptors (Lipinski definition) is 4. The van der Waals surface area contributed by atoms with Crippen LogP contribution < -0.4 is 10.1 Å². The van der Waals surface area contributed by atoms with Gasteiger partial charge in [0.05, 0.1) is 7.11 Å². The summed E-state index contributed by atoms with van der Waals surface area (Å²) in [5.41, 5.74) is 0. The van der Waals surface area contributed by atoms with Crippen molar-refractivity contribution >= 4 is 27.5 Å². The van der Waals surface area contributed by atoms with Crippen molar-refractivity contribution in [2.75, 3.05) is 20.2 Å². The number of nitrogens with zero attached hydrogens (tertiary/aromatic N) is 1. The highest BCUT2D eigenvalue weighted by atomic mass is 35.5. The van der Waals surface area contributed by atoms with E-state index < -0.39 is 10.0 Å². The zero-order valence-electron chi connectivity index (χ0n) is 10.1.